The molecule has 1 aliphatic rings. The molecule has 32 heavy (non-hydrogen) atoms. The van der Waals surface area contributed by atoms with Gasteiger partial charge in [0.15, 0.2) is 0 Å². The molecule has 5 rings (SSSR count). The fourth-order valence-corrected chi connectivity index (χ4v) is 5.51. The highest BCUT2D eigenvalue weighted by Gasteiger charge is 2.36. The number of likely N-dealkylation sites (tertiary alicyclic amines) is 1. The number of fused-ring (bicyclic) bond motifs is 1. The van der Waals surface area contributed by atoms with Gasteiger partial charge in [-0.25, -0.2) is 8.78 Å². The lowest BCUT2D eigenvalue weighted by molar-refractivity contribution is -0.133. The minimum atomic E-state index is -0.767. The molecule has 1 unspecified atom stereocenters. The molecule has 4 aromatic rings. The molecule has 1 N–H and O–H groups in total. The van der Waals surface area contributed by atoms with Gasteiger partial charge in [-0.3, -0.25) is 4.79 Å². The standard InChI is InChI=1S/C26H22F2N2OS/c27-19-10-3-2-9-18(19)22-13-7-15-30(22)26(31)25(29-21-12-5-4-11-20(21)28)24-16-17-8-1-6-14-23(17)32-24/h1-6,8-12,14,16,22,25,29H,7,13,15H2/t22-,25?/m0/s1. The van der Waals surface area contributed by atoms with E-state index in [1.165, 1.54) is 23.5 Å². The van der Waals surface area contributed by atoms with Crippen LogP contribution in [0.3, 0.4) is 0 Å². The Morgan fingerprint density at radius 1 is 0.969 bits per heavy atom. The number of para-hydroxylation sites is 1. The number of anilines is 1. The van der Waals surface area contributed by atoms with Crippen LogP contribution in [-0.2, 0) is 4.79 Å². The molecule has 0 aliphatic carbocycles. The topological polar surface area (TPSA) is 32.3 Å². The third kappa shape index (κ3) is 3.86. The van der Waals surface area contributed by atoms with Crippen LogP contribution in [0.15, 0.2) is 78.9 Å². The van der Waals surface area contributed by atoms with Crippen LogP contribution in [0.1, 0.15) is 35.4 Å². The highest BCUT2D eigenvalue weighted by molar-refractivity contribution is 7.19. The first-order valence-electron chi connectivity index (χ1n) is 10.7. The molecule has 1 amide bonds. The van der Waals surface area contributed by atoms with Crippen LogP contribution < -0.4 is 5.32 Å². The van der Waals surface area contributed by atoms with Crippen molar-refractivity contribution in [3.63, 3.8) is 0 Å². The molecule has 0 bridgehead atoms. The van der Waals surface area contributed by atoms with Gasteiger partial charge in [0.05, 0.1) is 11.7 Å². The van der Waals surface area contributed by atoms with Crippen molar-refractivity contribution in [1.82, 2.24) is 4.90 Å². The molecule has 1 saturated heterocycles. The largest absolute Gasteiger partial charge is 0.367 e. The average molecular weight is 449 g/mol. The number of benzene rings is 3. The summed E-state index contributed by atoms with van der Waals surface area (Å²) in [4.78, 5) is 16.4. The van der Waals surface area contributed by atoms with E-state index in [-0.39, 0.29) is 23.5 Å². The molecular formula is C26H22F2N2OS. The smallest absolute Gasteiger partial charge is 0.251 e. The van der Waals surface area contributed by atoms with Gasteiger partial charge in [-0.1, -0.05) is 48.5 Å². The number of nitrogens with zero attached hydrogens (tertiary/aromatic N) is 1. The number of carbonyl (C=O) groups excluding carboxylic acids is 1. The molecular weight excluding hydrogens is 426 g/mol. The molecule has 3 aromatic carbocycles. The highest BCUT2D eigenvalue weighted by atomic mass is 32.1. The summed E-state index contributed by atoms with van der Waals surface area (Å²) >= 11 is 1.51. The Morgan fingerprint density at radius 2 is 1.69 bits per heavy atom. The third-order valence-electron chi connectivity index (χ3n) is 5.95. The first-order chi connectivity index (χ1) is 15.6. The van der Waals surface area contributed by atoms with Crippen LogP contribution >= 0.6 is 11.3 Å². The van der Waals surface area contributed by atoms with E-state index in [1.54, 1.807) is 41.3 Å². The molecule has 0 spiro atoms. The van der Waals surface area contributed by atoms with E-state index < -0.39 is 11.9 Å². The van der Waals surface area contributed by atoms with Gasteiger partial charge in [0.1, 0.15) is 17.7 Å². The van der Waals surface area contributed by atoms with Crippen molar-refractivity contribution in [2.24, 2.45) is 0 Å². The lowest BCUT2D eigenvalue weighted by Gasteiger charge is -2.30. The maximum absolute atomic E-state index is 14.5. The average Bonchev–Trinajstić information content (AvgIpc) is 3.45. The minimum absolute atomic E-state index is 0.175. The van der Waals surface area contributed by atoms with Gasteiger partial charge in [-0.2, -0.15) is 0 Å². The summed E-state index contributed by atoms with van der Waals surface area (Å²) in [5.41, 5.74) is 0.796. The van der Waals surface area contributed by atoms with Crippen molar-refractivity contribution in [2.75, 3.05) is 11.9 Å². The van der Waals surface area contributed by atoms with E-state index in [4.69, 9.17) is 0 Å². The molecule has 0 radical (unpaired) electrons. The third-order valence-corrected chi connectivity index (χ3v) is 7.13. The predicted molar refractivity (Wildman–Crippen MR) is 125 cm³/mol. The van der Waals surface area contributed by atoms with Crippen LogP contribution in [0, 0.1) is 11.6 Å². The normalized spacial score (nSPS) is 16.9. The second-order valence-electron chi connectivity index (χ2n) is 7.95. The first-order valence-corrected chi connectivity index (χ1v) is 11.5. The zero-order chi connectivity index (χ0) is 22.1. The fraction of sp³-hybridized carbons (Fsp3) is 0.192. The van der Waals surface area contributed by atoms with Crippen LogP contribution in [-0.4, -0.2) is 17.4 Å². The van der Waals surface area contributed by atoms with Crippen molar-refractivity contribution < 1.29 is 13.6 Å². The Morgan fingerprint density at radius 3 is 2.47 bits per heavy atom. The van der Waals surface area contributed by atoms with E-state index in [0.29, 0.717) is 18.5 Å². The lowest BCUT2D eigenvalue weighted by atomic mass is 10.0. The van der Waals surface area contributed by atoms with Crippen LogP contribution in [0.4, 0.5) is 14.5 Å². The van der Waals surface area contributed by atoms with Gasteiger partial charge in [0, 0.05) is 21.7 Å². The first kappa shape index (κ1) is 20.6. The van der Waals surface area contributed by atoms with Crippen LogP contribution in [0.5, 0.6) is 0 Å². The summed E-state index contributed by atoms with van der Waals surface area (Å²) in [5, 5.41) is 4.17. The second-order valence-corrected chi connectivity index (χ2v) is 9.07. The monoisotopic (exact) mass is 448 g/mol. The van der Waals surface area contributed by atoms with Gasteiger partial charge < -0.3 is 10.2 Å². The van der Waals surface area contributed by atoms with Gasteiger partial charge in [-0.05, 0) is 48.6 Å². The van der Waals surface area contributed by atoms with Gasteiger partial charge in [-0.15, -0.1) is 11.3 Å². The Hall–Kier alpha value is -3.25. The van der Waals surface area contributed by atoms with Crippen LogP contribution in [0.25, 0.3) is 10.1 Å². The molecule has 1 aromatic heterocycles. The fourth-order valence-electron chi connectivity index (χ4n) is 4.40. The second kappa shape index (κ2) is 8.71. The SMILES string of the molecule is O=C(C(Nc1ccccc1F)c1cc2ccccc2s1)N1CCC[C@H]1c1ccccc1F. The van der Waals surface area contributed by atoms with Crippen molar-refractivity contribution in [1.29, 1.82) is 0 Å². The highest BCUT2D eigenvalue weighted by Crippen LogP contribution is 2.38. The molecule has 1 fully saturated rings. The summed E-state index contributed by atoms with van der Waals surface area (Å²) in [5.74, 6) is -0.901. The van der Waals surface area contributed by atoms with E-state index in [1.807, 2.05) is 30.3 Å². The molecule has 2 heterocycles. The Balaban J connectivity index is 1.54. The predicted octanol–water partition coefficient (Wildman–Crippen LogP) is 6.70. The Kier molecular flexibility index (Phi) is 5.62. The van der Waals surface area contributed by atoms with Crippen molar-refractivity contribution >= 4 is 33.0 Å². The summed E-state index contributed by atoms with van der Waals surface area (Å²) in [6.45, 7) is 0.540. The van der Waals surface area contributed by atoms with Crippen molar-refractivity contribution in [3.8, 4) is 0 Å². The molecule has 162 valence electrons. The number of halogens is 2. The quantitative estimate of drug-likeness (QED) is 0.369. The summed E-state index contributed by atoms with van der Waals surface area (Å²) in [6.07, 6.45) is 1.50. The Labute approximate surface area is 189 Å². The van der Waals surface area contributed by atoms with Gasteiger partial charge in [0.2, 0.25) is 0 Å². The zero-order valence-corrected chi connectivity index (χ0v) is 18.1. The van der Waals surface area contributed by atoms with Crippen molar-refractivity contribution in [2.45, 2.75) is 24.9 Å². The maximum Gasteiger partial charge on any atom is 0.251 e. The van der Waals surface area contributed by atoms with E-state index in [9.17, 15) is 13.6 Å². The molecule has 0 saturated carbocycles. The number of thiophene rings is 1. The minimum Gasteiger partial charge on any atom is -0.367 e. The summed E-state index contributed by atoms with van der Waals surface area (Å²) < 4.78 is 30.1. The van der Waals surface area contributed by atoms with E-state index in [0.717, 1.165) is 21.4 Å². The molecule has 1 aliphatic heterocycles. The maximum atomic E-state index is 14.5. The number of hydrogen-bond donors (Lipinski definition) is 1. The van der Waals surface area contributed by atoms with Crippen LogP contribution in [0.2, 0.25) is 0 Å². The van der Waals surface area contributed by atoms with Gasteiger partial charge in [0.25, 0.3) is 5.91 Å². The summed E-state index contributed by atoms with van der Waals surface area (Å²) in [6, 6.07) is 21.7. The number of carbonyl (C=O) groups is 1. The lowest BCUT2D eigenvalue weighted by Crippen LogP contribution is -2.37. The number of hydrogen-bond acceptors (Lipinski definition) is 3. The van der Waals surface area contributed by atoms with Crippen molar-refractivity contribution in [3.05, 3.63) is 101 Å². The zero-order valence-electron chi connectivity index (χ0n) is 17.3. The molecule has 2 atom stereocenters. The number of amides is 1. The summed E-state index contributed by atoms with van der Waals surface area (Å²) in [7, 11) is 0. The molecule has 6 heteroatoms. The van der Waals surface area contributed by atoms with E-state index in [2.05, 4.69) is 5.32 Å². The van der Waals surface area contributed by atoms with E-state index >= 15 is 0 Å². The Bertz CT molecular complexity index is 1240. The van der Waals surface area contributed by atoms with Gasteiger partial charge >= 0.3 is 0 Å². The number of rotatable bonds is 5. The number of nitrogens with one attached hydrogen (secondary N) is 1. The molecule has 3 nitrogen and oxygen atoms in total.